The van der Waals surface area contributed by atoms with Crippen LogP contribution in [0.4, 0.5) is 5.69 Å². The Kier molecular flexibility index (Phi) is 4.52. The number of ether oxygens (including phenoxy) is 2. The highest BCUT2D eigenvalue weighted by Crippen LogP contribution is 2.32. The third kappa shape index (κ3) is 3.41. The lowest BCUT2D eigenvalue weighted by atomic mass is 10.1. The van der Waals surface area contributed by atoms with Gasteiger partial charge in [-0.3, -0.25) is 14.9 Å². The number of benzene rings is 2. The minimum atomic E-state index is -0.626. The summed E-state index contributed by atoms with van der Waals surface area (Å²) >= 11 is 5.74. The van der Waals surface area contributed by atoms with Gasteiger partial charge >= 0.3 is 0 Å². The van der Waals surface area contributed by atoms with Crippen molar-refractivity contribution in [3.63, 3.8) is 0 Å². The molecule has 3 rings (SSSR count). The van der Waals surface area contributed by atoms with E-state index in [0.717, 1.165) is 11.6 Å². The van der Waals surface area contributed by atoms with Crippen molar-refractivity contribution >= 4 is 23.2 Å². The van der Waals surface area contributed by atoms with E-state index in [1.807, 2.05) is 18.2 Å². The van der Waals surface area contributed by atoms with Crippen molar-refractivity contribution in [2.75, 3.05) is 13.3 Å². The lowest BCUT2D eigenvalue weighted by Gasteiger charge is -2.07. The van der Waals surface area contributed by atoms with Crippen LogP contribution < -0.4 is 14.8 Å². The van der Waals surface area contributed by atoms with Gasteiger partial charge in [-0.25, -0.2) is 0 Å². The fourth-order valence-corrected chi connectivity index (χ4v) is 2.53. The molecule has 2 aromatic carbocycles. The average molecular weight is 349 g/mol. The Labute approximate surface area is 142 Å². The fraction of sp³-hybridized carbons (Fsp3) is 0.188. The standard InChI is InChI=1S/C16H13ClN2O5/c17-11-2-3-12(13(8-11)19(21)22)16(20)18-6-5-10-1-4-14-15(7-10)24-9-23-14/h1-4,7-8H,5-6,9H2,(H,18,20). The Bertz CT molecular complexity index is 809. The molecule has 1 amide bonds. The maximum atomic E-state index is 12.2. The van der Waals surface area contributed by atoms with E-state index < -0.39 is 10.8 Å². The van der Waals surface area contributed by atoms with Crippen molar-refractivity contribution in [3.8, 4) is 11.5 Å². The lowest BCUT2D eigenvalue weighted by molar-refractivity contribution is -0.385. The molecule has 1 heterocycles. The maximum Gasteiger partial charge on any atom is 0.283 e. The smallest absolute Gasteiger partial charge is 0.283 e. The van der Waals surface area contributed by atoms with Crippen LogP contribution in [0.1, 0.15) is 15.9 Å². The first-order valence-corrected chi connectivity index (χ1v) is 7.53. The van der Waals surface area contributed by atoms with Gasteiger partial charge in [0.15, 0.2) is 11.5 Å². The second kappa shape index (κ2) is 6.76. The molecule has 1 N–H and O–H groups in total. The van der Waals surface area contributed by atoms with Crippen molar-refractivity contribution < 1.29 is 19.2 Å². The van der Waals surface area contributed by atoms with E-state index >= 15 is 0 Å². The number of hydrogen-bond donors (Lipinski definition) is 1. The number of carbonyl (C=O) groups is 1. The summed E-state index contributed by atoms with van der Waals surface area (Å²) in [4.78, 5) is 22.6. The third-order valence-corrected chi connectivity index (χ3v) is 3.77. The van der Waals surface area contributed by atoms with E-state index in [0.29, 0.717) is 24.5 Å². The average Bonchev–Trinajstić information content (AvgIpc) is 3.02. The predicted molar refractivity (Wildman–Crippen MR) is 86.7 cm³/mol. The summed E-state index contributed by atoms with van der Waals surface area (Å²) in [6, 6.07) is 9.49. The Morgan fingerprint density at radius 3 is 2.79 bits per heavy atom. The van der Waals surface area contributed by atoms with Gasteiger partial charge in [-0.1, -0.05) is 17.7 Å². The second-order valence-corrected chi connectivity index (χ2v) is 5.55. The minimum absolute atomic E-state index is 0.0184. The molecule has 7 nitrogen and oxygen atoms in total. The van der Waals surface area contributed by atoms with Gasteiger partial charge in [0.05, 0.1) is 4.92 Å². The van der Waals surface area contributed by atoms with Gasteiger partial charge in [0.1, 0.15) is 5.56 Å². The number of hydrogen-bond acceptors (Lipinski definition) is 5. The van der Waals surface area contributed by atoms with Crippen molar-refractivity contribution in [1.82, 2.24) is 5.32 Å². The number of nitro benzene ring substituents is 1. The molecular weight excluding hydrogens is 336 g/mol. The molecular formula is C16H13ClN2O5. The van der Waals surface area contributed by atoms with Crippen molar-refractivity contribution in [2.45, 2.75) is 6.42 Å². The van der Waals surface area contributed by atoms with Crippen LogP contribution in [0.15, 0.2) is 36.4 Å². The Hall–Kier alpha value is -2.80. The summed E-state index contributed by atoms with van der Waals surface area (Å²) in [6.07, 6.45) is 0.559. The number of amides is 1. The van der Waals surface area contributed by atoms with Crippen LogP contribution in [0, 0.1) is 10.1 Å². The highest BCUT2D eigenvalue weighted by molar-refractivity contribution is 6.31. The van der Waals surface area contributed by atoms with Gasteiger partial charge in [0.25, 0.3) is 11.6 Å². The third-order valence-electron chi connectivity index (χ3n) is 3.54. The van der Waals surface area contributed by atoms with Crippen LogP contribution >= 0.6 is 11.6 Å². The number of nitrogens with one attached hydrogen (secondary N) is 1. The molecule has 0 saturated heterocycles. The summed E-state index contributed by atoms with van der Waals surface area (Å²) in [7, 11) is 0. The number of nitro groups is 1. The molecule has 0 fully saturated rings. The van der Waals surface area contributed by atoms with E-state index in [9.17, 15) is 14.9 Å². The van der Waals surface area contributed by atoms with Gasteiger partial charge in [0, 0.05) is 17.6 Å². The molecule has 0 aromatic heterocycles. The number of rotatable bonds is 5. The molecule has 0 spiro atoms. The van der Waals surface area contributed by atoms with E-state index in [2.05, 4.69) is 5.32 Å². The van der Waals surface area contributed by atoms with E-state index in [-0.39, 0.29) is 23.1 Å². The molecule has 0 saturated carbocycles. The largest absolute Gasteiger partial charge is 0.454 e. The summed E-state index contributed by atoms with van der Waals surface area (Å²) in [6.45, 7) is 0.536. The molecule has 0 unspecified atom stereocenters. The highest BCUT2D eigenvalue weighted by Gasteiger charge is 2.20. The van der Waals surface area contributed by atoms with Crippen molar-refractivity contribution in [3.05, 3.63) is 62.7 Å². The molecule has 0 radical (unpaired) electrons. The van der Waals surface area contributed by atoms with Crippen LogP contribution in [0.3, 0.4) is 0 Å². The first kappa shape index (κ1) is 16.1. The first-order chi connectivity index (χ1) is 11.5. The van der Waals surface area contributed by atoms with Gasteiger partial charge in [-0.05, 0) is 36.2 Å². The zero-order valence-corrected chi connectivity index (χ0v) is 13.2. The van der Waals surface area contributed by atoms with Gasteiger partial charge < -0.3 is 14.8 Å². The summed E-state index contributed by atoms with van der Waals surface area (Å²) in [5, 5.41) is 13.9. The molecule has 1 aliphatic heterocycles. The molecule has 124 valence electrons. The van der Waals surface area contributed by atoms with Crippen LogP contribution in [-0.2, 0) is 6.42 Å². The normalized spacial score (nSPS) is 12.0. The van der Waals surface area contributed by atoms with Gasteiger partial charge in [-0.15, -0.1) is 0 Å². The van der Waals surface area contributed by atoms with Crippen LogP contribution in [-0.4, -0.2) is 24.2 Å². The molecule has 24 heavy (non-hydrogen) atoms. The summed E-state index contributed by atoms with van der Waals surface area (Å²) in [5.41, 5.74) is 0.628. The van der Waals surface area contributed by atoms with Crippen LogP contribution in [0.25, 0.3) is 0 Å². The Balaban J connectivity index is 1.63. The van der Waals surface area contributed by atoms with Crippen molar-refractivity contribution in [2.24, 2.45) is 0 Å². The van der Waals surface area contributed by atoms with Gasteiger partial charge in [0.2, 0.25) is 6.79 Å². The summed E-state index contributed by atoms with van der Waals surface area (Å²) < 4.78 is 10.5. The highest BCUT2D eigenvalue weighted by atomic mass is 35.5. The van der Waals surface area contributed by atoms with Crippen LogP contribution in [0.5, 0.6) is 11.5 Å². The zero-order chi connectivity index (χ0) is 17.1. The quantitative estimate of drug-likeness (QED) is 0.662. The molecule has 0 aliphatic carbocycles. The van der Waals surface area contributed by atoms with E-state index in [1.54, 1.807) is 0 Å². The molecule has 0 bridgehead atoms. The topological polar surface area (TPSA) is 90.7 Å². The van der Waals surface area contributed by atoms with Crippen molar-refractivity contribution in [1.29, 1.82) is 0 Å². The minimum Gasteiger partial charge on any atom is -0.454 e. The molecule has 8 heteroatoms. The Morgan fingerprint density at radius 2 is 2.00 bits per heavy atom. The number of halogens is 1. The SMILES string of the molecule is O=C(NCCc1ccc2c(c1)OCO2)c1ccc(Cl)cc1[N+](=O)[O-]. The summed E-state index contributed by atoms with van der Waals surface area (Å²) in [5.74, 6) is 0.853. The lowest BCUT2D eigenvalue weighted by Crippen LogP contribution is -2.26. The van der Waals surface area contributed by atoms with E-state index in [1.165, 1.54) is 12.1 Å². The molecule has 2 aromatic rings. The second-order valence-electron chi connectivity index (χ2n) is 5.11. The first-order valence-electron chi connectivity index (χ1n) is 7.15. The zero-order valence-electron chi connectivity index (χ0n) is 12.5. The maximum absolute atomic E-state index is 12.2. The fourth-order valence-electron chi connectivity index (χ4n) is 2.36. The van der Waals surface area contributed by atoms with Gasteiger partial charge in [-0.2, -0.15) is 0 Å². The monoisotopic (exact) mass is 348 g/mol. The van der Waals surface area contributed by atoms with E-state index in [4.69, 9.17) is 21.1 Å². The predicted octanol–water partition coefficient (Wildman–Crippen LogP) is 2.95. The van der Waals surface area contributed by atoms with Crippen LogP contribution in [0.2, 0.25) is 5.02 Å². The number of fused-ring (bicyclic) bond motifs is 1. The number of carbonyl (C=O) groups excluding carboxylic acids is 1. The Morgan fingerprint density at radius 1 is 1.21 bits per heavy atom. The number of nitrogens with zero attached hydrogens (tertiary/aromatic N) is 1. The molecule has 0 atom stereocenters. The molecule has 1 aliphatic rings.